The predicted molar refractivity (Wildman–Crippen MR) is 120 cm³/mol. The smallest absolute Gasteiger partial charge is 0.191 e. The van der Waals surface area contributed by atoms with Crippen molar-refractivity contribution in [2.45, 2.75) is 65.6 Å². The van der Waals surface area contributed by atoms with Crippen molar-refractivity contribution >= 4 is 29.9 Å². The summed E-state index contributed by atoms with van der Waals surface area (Å²) in [5.41, 5.74) is 0. The molecule has 0 aliphatic carbocycles. The van der Waals surface area contributed by atoms with Crippen LogP contribution in [0.2, 0.25) is 0 Å². The highest BCUT2D eigenvalue weighted by atomic mass is 127. The first kappa shape index (κ1) is 23.2. The van der Waals surface area contributed by atoms with Crippen LogP contribution >= 0.6 is 24.0 Å². The topological polar surface area (TPSA) is 57.5 Å². The second kappa shape index (κ2) is 12.5. The first-order chi connectivity index (χ1) is 12.1. The highest BCUT2D eigenvalue weighted by molar-refractivity contribution is 14.0. The monoisotopic (exact) mass is 476 g/mol. The van der Waals surface area contributed by atoms with Gasteiger partial charge in [0.15, 0.2) is 5.96 Å². The van der Waals surface area contributed by atoms with Crippen LogP contribution in [0, 0.1) is 5.92 Å². The summed E-state index contributed by atoms with van der Waals surface area (Å²) < 4.78 is 2.21. The number of halogens is 1. The number of imidazole rings is 1. The van der Waals surface area contributed by atoms with Gasteiger partial charge in [-0.3, -0.25) is 9.89 Å². The minimum Gasteiger partial charge on any atom is -0.355 e. The van der Waals surface area contributed by atoms with Crippen LogP contribution in [-0.4, -0.2) is 53.1 Å². The largest absolute Gasteiger partial charge is 0.355 e. The number of nitrogens with zero attached hydrogens (tertiary/aromatic N) is 4. The third kappa shape index (κ3) is 7.42. The summed E-state index contributed by atoms with van der Waals surface area (Å²) in [6, 6.07) is 0.758. The summed E-state index contributed by atoms with van der Waals surface area (Å²) in [5, 5.41) is 6.83. The minimum atomic E-state index is 0. The molecule has 1 aromatic rings. The summed E-state index contributed by atoms with van der Waals surface area (Å²) in [5.74, 6) is 2.52. The quantitative estimate of drug-likeness (QED) is 0.344. The lowest BCUT2D eigenvalue weighted by Gasteiger charge is -2.35. The molecular formula is C19H37IN6. The molecule has 0 spiro atoms. The molecule has 1 aliphatic heterocycles. The van der Waals surface area contributed by atoms with E-state index < -0.39 is 0 Å². The lowest BCUT2D eigenvalue weighted by atomic mass is 10.0. The fourth-order valence-electron chi connectivity index (χ4n) is 3.58. The average molecular weight is 476 g/mol. The molecule has 1 aliphatic rings. The molecule has 1 unspecified atom stereocenters. The van der Waals surface area contributed by atoms with Crippen molar-refractivity contribution in [3.8, 4) is 0 Å². The number of aliphatic imine (C=N–C) groups is 1. The Morgan fingerprint density at radius 3 is 2.85 bits per heavy atom. The zero-order chi connectivity index (χ0) is 18.1. The number of piperidine rings is 1. The van der Waals surface area contributed by atoms with Gasteiger partial charge in [0.2, 0.25) is 0 Å². The van der Waals surface area contributed by atoms with E-state index in [9.17, 15) is 0 Å². The molecule has 2 rings (SSSR count). The van der Waals surface area contributed by atoms with E-state index in [1.807, 2.05) is 13.2 Å². The van der Waals surface area contributed by atoms with Gasteiger partial charge in [-0.25, -0.2) is 4.98 Å². The van der Waals surface area contributed by atoms with Crippen molar-refractivity contribution in [3.63, 3.8) is 0 Å². The molecular weight excluding hydrogens is 439 g/mol. The van der Waals surface area contributed by atoms with Gasteiger partial charge in [-0.1, -0.05) is 27.2 Å². The molecule has 26 heavy (non-hydrogen) atoms. The van der Waals surface area contributed by atoms with Crippen LogP contribution < -0.4 is 10.6 Å². The Hall–Kier alpha value is -0.830. The Morgan fingerprint density at radius 1 is 1.35 bits per heavy atom. The van der Waals surface area contributed by atoms with Crippen molar-refractivity contribution in [3.05, 3.63) is 18.2 Å². The zero-order valence-corrected chi connectivity index (χ0v) is 19.2. The van der Waals surface area contributed by atoms with Gasteiger partial charge in [-0.05, 0) is 31.7 Å². The molecule has 0 amide bonds. The number of hydrogen-bond acceptors (Lipinski definition) is 3. The summed E-state index contributed by atoms with van der Waals surface area (Å²) in [6.07, 6.45) is 9.25. The van der Waals surface area contributed by atoms with E-state index in [0.717, 1.165) is 37.5 Å². The van der Waals surface area contributed by atoms with Crippen LogP contribution in [0.15, 0.2) is 17.4 Å². The molecule has 1 atom stereocenters. The molecule has 150 valence electrons. The molecule has 2 N–H and O–H groups in total. The van der Waals surface area contributed by atoms with Crippen molar-refractivity contribution in [2.24, 2.45) is 10.9 Å². The van der Waals surface area contributed by atoms with Crippen LogP contribution in [0.4, 0.5) is 0 Å². The maximum Gasteiger partial charge on any atom is 0.191 e. The SMILES string of the molecule is CCC1CCCCN1CCNC(=NC)NCc1nccn1CC(C)C.I. The van der Waals surface area contributed by atoms with Gasteiger partial charge in [0.1, 0.15) is 5.82 Å². The van der Waals surface area contributed by atoms with Gasteiger partial charge in [0, 0.05) is 45.1 Å². The molecule has 0 aromatic carbocycles. The molecule has 0 bridgehead atoms. The van der Waals surface area contributed by atoms with E-state index in [-0.39, 0.29) is 24.0 Å². The van der Waals surface area contributed by atoms with Crippen LogP contribution in [0.1, 0.15) is 52.3 Å². The molecule has 1 fully saturated rings. The van der Waals surface area contributed by atoms with Gasteiger partial charge < -0.3 is 15.2 Å². The third-order valence-electron chi connectivity index (χ3n) is 4.91. The second-order valence-electron chi connectivity index (χ2n) is 7.34. The first-order valence-corrected chi connectivity index (χ1v) is 9.82. The maximum absolute atomic E-state index is 4.46. The Balaban J connectivity index is 0.00000338. The predicted octanol–water partition coefficient (Wildman–Crippen LogP) is 3.09. The van der Waals surface area contributed by atoms with Crippen molar-refractivity contribution < 1.29 is 0 Å². The van der Waals surface area contributed by atoms with E-state index >= 15 is 0 Å². The van der Waals surface area contributed by atoms with Crippen molar-refractivity contribution in [1.82, 2.24) is 25.1 Å². The fourth-order valence-corrected chi connectivity index (χ4v) is 3.58. The standard InChI is InChI=1S/C19H36N6.HI/c1-5-17-8-6-7-11-24(17)12-10-22-19(20-4)23-14-18-21-9-13-25(18)15-16(2)3;/h9,13,16-17H,5-8,10-12,14-15H2,1-4H3,(H2,20,22,23);1H. The van der Waals surface area contributed by atoms with Gasteiger partial charge in [-0.15, -0.1) is 24.0 Å². The summed E-state index contributed by atoms with van der Waals surface area (Å²) >= 11 is 0. The lowest BCUT2D eigenvalue weighted by Crippen LogP contribution is -2.45. The van der Waals surface area contributed by atoms with Crippen LogP contribution in [-0.2, 0) is 13.1 Å². The van der Waals surface area contributed by atoms with Gasteiger partial charge in [0.25, 0.3) is 0 Å². The summed E-state index contributed by atoms with van der Waals surface area (Å²) in [4.78, 5) is 11.4. The highest BCUT2D eigenvalue weighted by Gasteiger charge is 2.19. The molecule has 7 heteroatoms. The van der Waals surface area contributed by atoms with Crippen LogP contribution in [0.25, 0.3) is 0 Å². The van der Waals surface area contributed by atoms with Gasteiger partial charge in [0.05, 0.1) is 6.54 Å². The van der Waals surface area contributed by atoms with Crippen molar-refractivity contribution in [2.75, 3.05) is 26.7 Å². The van der Waals surface area contributed by atoms with E-state index in [1.54, 1.807) is 0 Å². The number of hydrogen-bond donors (Lipinski definition) is 2. The Bertz CT molecular complexity index is 528. The normalized spacial score (nSPS) is 18.7. The molecule has 1 aromatic heterocycles. The third-order valence-corrected chi connectivity index (χ3v) is 4.91. The second-order valence-corrected chi connectivity index (χ2v) is 7.34. The highest BCUT2D eigenvalue weighted by Crippen LogP contribution is 2.18. The number of aromatic nitrogens is 2. The number of nitrogens with one attached hydrogen (secondary N) is 2. The van der Waals surface area contributed by atoms with Crippen molar-refractivity contribution in [1.29, 1.82) is 0 Å². The van der Waals surface area contributed by atoms with E-state index in [4.69, 9.17) is 0 Å². The van der Waals surface area contributed by atoms with E-state index in [1.165, 1.54) is 32.2 Å². The molecule has 0 radical (unpaired) electrons. The van der Waals surface area contributed by atoms with Gasteiger partial charge in [-0.2, -0.15) is 0 Å². The van der Waals surface area contributed by atoms with Crippen LogP contribution in [0.5, 0.6) is 0 Å². The first-order valence-electron chi connectivity index (χ1n) is 9.82. The zero-order valence-electron chi connectivity index (χ0n) is 16.9. The number of likely N-dealkylation sites (tertiary alicyclic amines) is 1. The fraction of sp³-hybridized carbons (Fsp3) is 0.789. The van der Waals surface area contributed by atoms with E-state index in [2.05, 4.69) is 57.0 Å². The maximum atomic E-state index is 4.46. The lowest BCUT2D eigenvalue weighted by molar-refractivity contribution is 0.147. The molecule has 2 heterocycles. The van der Waals surface area contributed by atoms with Crippen LogP contribution in [0.3, 0.4) is 0 Å². The van der Waals surface area contributed by atoms with E-state index in [0.29, 0.717) is 12.5 Å². The number of rotatable bonds is 8. The molecule has 1 saturated heterocycles. The Labute approximate surface area is 176 Å². The Morgan fingerprint density at radius 2 is 2.15 bits per heavy atom. The summed E-state index contributed by atoms with van der Waals surface area (Å²) in [7, 11) is 1.83. The minimum absolute atomic E-state index is 0. The number of guanidine groups is 1. The van der Waals surface area contributed by atoms with Gasteiger partial charge >= 0.3 is 0 Å². The average Bonchev–Trinajstić information content (AvgIpc) is 3.04. The molecule has 0 saturated carbocycles. The summed E-state index contributed by atoms with van der Waals surface area (Å²) in [6.45, 7) is 11.7. The Kier molecular flexibility index (Phi) is 11.2. The molecule has 6 nitrogen and oxygen atoms in total.